The molecule has 0 fully saturated rings. The lowest BCUT2D eigenvalue weighted by Crippen LogP contribution is -2.41. The molecule has 1 N–H and O–H groups in total. The number of likely N-dealkylation sites (N-methyl/N-ethyl adjacent to an activating group) is 1. The minimum atomic E-state index is -3.74. The van der Waals surface area contributed by atoms with Crippen molar-refractivity contribution in [1.29, 1.82) is 0 Å². The van der Waals surface area contributed by atoms with Gasteiger partial charge in [0, 0.05) is 26.5 Å². The quantitative estimate of drug-likeness (QED) is 0.836. The van der Waals surface area contributed by atoms with Crippen molar-refractivity contribution in [2.24, 2.45) is 7.05 Å². The first kappa shape index (κ1) is 13.7. The van der Waals surface area contributed by atoms with Crippen LogP contribution in [0.5, 0.6) is 0 Å². The Labute approximate surface area is 101 Å². The lowest BCUT2D eigenvalue weighted by molar-refractivity contribution is -0.141. The van der Waals surface area contributed by atoms with E-state index in [1.165, 1.54) is 19.3 Å². The number of sulfonamides is 1. The van der Waals surface area contributed by atoms with Gasteiger partial charge >= 0.3 is 5.97 Å². The molecule has 1 rings (SSSR count). The molecule has 96 valence electrons. The van der Waals surface area contributed by atoms with Crippen LogP contribution in [0.3, 0.4) is 0 Å². The predicted molar refractivity (Wildman–Crippen MR) is 62.1 cm³/mol. The second-order valence-electron chi connectivity index (χ2n) is 3.80. The summed E-state index contributed by atoms with van der Waals surface area (Å²) >= 11 is 0. The molecular weight excluding hydrogens is 244 g/mol. The zero-order valence-electron chi connectivity index (χ0n) is 9.99. The fourth-order valence-electron chi connectivity index (χ4n) is 1.55. The minimum Gasteiger partial charge on any atom is -0.480 e. The highest BCUT2D eigenvalue weighted by atomic mass is 32.2. The molecule has 0 saturated heterocycles. The van der Waals surface area contributed by atoms with Crippen LogP contribution in [0.4, 0.5) is 0 Å². The van der Waals surface area contributed by atoms with Crippen LogP contribution in [0, 0.1) is 0 Å². The molecular formula is C10H16N2O4S. The molecule has 0 aliphatic rings. The fraction of sp³-hybridized carbons (Fsp3) is 0.500. The van der Waals surface area contributed by atoms with Gasteiger partial charge in [0.1, 0.15) is 6.04 Å². The third-order valence-electron chi connectivity index (χ3n) is 2.59. The van der Waals surface area contributed by atoms with E-state index in [0.717, 1.165) is 4.31 Å². The zero-order chi connectivity index (χ0) is 13.2. The third-order valence-corrected chi connectivity index (χ3v) is 4.44. The van der Waals surface area contributed by atoms with Gasteiger partial charge in [-0.3, -0.25) is 4.79 Å². The zero-order valence-corrected chi connectivity index (χ0v) is 10.8. The van der Waals surface area contributed by atoms with E-state index < -0.39 is 22.0 Å². The fourth-order valence-corrected chi connectivity index (χ4v) is 2.99. The van der Waals surface area contributed by atoms with Gasteiger partial charge in [0.05, 0.1) is 4.90 Å². The summed E-state index contributed by atoms with van der Waals surface area (Å²) in [5.41, 5.74) is 0. The van der Waals surface area contributed by atoms with E-state index in [-0.39, 0.29) is 11.3 Å². The van der Waals surface area contributed by atoms with Gasteiger partial charge in [-0.1, -0.05) is 6.92 Å². The van der Waals surface area contributed by atoms with Crippen LogP contribution in [-0.4, -0.2) is 41.5 Å². The van der Waals surface area contributed by atoms with Crippen LogP contribution in [0.1, 0.15) is 13.3 Å². The Morgan fingerprint density at radius 2 is 2.18 bits per heavy atom. The van der Waals surface area contributed by atoms with Crippen LogP contribution in [-0.2, 0) is 21.9 Å². The summed E-state index contributed by atoms with van der Waals surface area (Å²) < 4.78 is 26.7. The number of nitrogens with zero attached hydrogens (tertiary/aromatic N) is 2. The van der Waals surface area contributed by atoms with Crippen molar-refractivity contribution in [2.75, 3.05) is 7.05 Å². The maximum atomic E-state index is 12.1. The number of aromatic nitrogens is 1. The number of aryl methyl sites for hydroxylation is 1. The van der Waals surface area contributed by atoms with E-state index in [2.05, 4.69) is 0 Å². The van der Waals surface area contributed by atoms with Gasteiger partial charge in [-0.25, -0.2) is 8.42 Å². The lowest BCUT2D eigenvalue weighted by atomic mass is 10.2. The molecule has 0 bridgehead atoms. The van der Waals surface area contributed by atoms with E-state index in [1.807, 2.05) is 0 Å². The van der Waals surface area contributed by atoms with Gasteiger partial charge in [-0.15, -0.1) is 0 Å². The average Bonchev–Trinajstić information content (AvgIpc) is 2.65. The maximum absolute atomic E-state index is 12.1. The number of rotatable bonds is 5. The number of hydrogen-bond donors (Lipinski definition) is 1. The molecule has 0 aliphatic heterocycles. The molecule has 0 saturated carbocycles. The second-order valence-corrected chi connectivity index (χ2v) is 5.79. The van der Waals surface area contributed by atoms with E-state index in [9.17, 15) is 13.2 Å². The molecule has 6 nitrogen and oxygen atoms in total. The molecule has 0 spiro atoms. The molecule has 1 aromatic rings. The van der Waals surface area contributed by atoms with E-state index >= 15 is 0 Å². The van der Waals surface area contributed by atoms with Gasteiger partial charge in [-0.2, -0.15) is 4.31 Å². The minimum absolute atomic E-state index is 0.0993. The first-order chi connectivity index (χ1) is 7.80. The van der Waals surface area contributed by atoms with Crippen LogP contribution >= 0.6 is 0 Å². The van der Waals surface area contributed by atoms with Gasteiger partial charge in [0.2, 0.25) is 10.0 Å². The molecule has 1 heterocycles. The highest BCUT2D eigenvalue weighted by molar-refractivity contribution is 7.89. The standard InChI is InChI=1S/C10H16N2O4S/c1-4-9(10(13)14)12(3)17(15,16)8-5-6-11(2)7-8/h5-7,9H,4H2,1-3H3,(H,13,14). The number of carboxylic acids is 1. The third kappa shape index (κ3) is 2.67. The first-order valence-electron chi connectivity index (χ1n) is 5.13. The molecule has 0 aliphatic carbocycles. The second kappa shape index (κ2) is 4.89. The molecule has 0 aromatic carbocycles. The normalized spacial score (nSPS) is 13.9. The smallest absolute Gasteiger partial charge is 0.321 e. The van der Waals surface area contributed by atoms with Crippen molar-refractivity contribution < 1.29 is 18.3 Å². The Morgan fingerprint density at radius 1 is 1.59 bits per heavy atom. The highest BCUT2D eigenvalue weighted by Crippen LogP contribution is 2.18. The maximum Gasteiger partial charge on any atom is 0.321 e. The number of carboxylic acid groups (broad SMARTS) is 1. The van der Waals surface area contributed by atoms with E-state index in [0.29, 0.717) is 0 Å². The van der Waals surface area contributed by atoms with E-state index in [4.69, 9.17) is 5.11 Å². The van der Waals surface area contributed by atoms with Crippen LogP contribution < -0.4 is 0 Å². The summed E-state index contributed by atoms with van der Waals surface area (Å²) in [7, 11) is -0.759. The first-order valence-corrected chi connectivity index (χ1v) is 6.57. The number of aliphatic carboxylic acids is 1. The molecule has 1 aromatic heterocycles. The average molecular weight is 260 g/mol. The summed E-state index contributed by atoms with van der Waals surface area (Å²) in [4.78, 5) is 11.0. The van der Waals surface area contributed by atoms with Crippen molar-refractivity contribution in [2.45, 2.75) is 24.3 Å². The molecule has 1 unspecified atom stereocenters. The van der Waals surface area contributed by atoms with Crippen LogP contribution in [0.25, 0.3) is 0 Å². The van der Waals surface area contributed by atoms with Crippen LogP contribution in [0.15, 0.2) is 23.4 Å². The molecule has 7 heteroatoms. The summed E-state index contributed by atoms with van der Waals surface area (Å²) in [5.74, 6) is -1.14. The summed E-state index contributed by atoms with van der Waals surface area (Å²) in [6.07, 6.45) is 3.26. The Balaban J connectivity index is 3.10. The van der Waals surface area contributed by atoms with Gasteiger partial charge in [-0.05, 0) is 12.5 Å². The number of carbonyl (C=O) groups is 1. The Morgan fingerprint density at radius 3 is 2.53 bits per heavy atom. The molecule has 0 amide bonds. The molecule has 1 atom stereocenters. The predicted octanol–water partition coefficient (Wildman–Crippen LogP) is 0.509. The largest absolute Gasteiger partial charge is 0.480 e. The van der Waals surface area contributed by atoms with Crippen molar-refractivity contribution in [1.82, 2.24) is 8.87 Å². The summed E-state index contributed by atoms with van der Waals surface area (Å²) in [5, 5.41) is 8.95. The molecule has 17 heavy (non-hydrogen) atoms. The number of hydrogen-bond acceptors (Lipinski definition) is 3. The van der Waals surface area contributed by atoms with Crippen molar-refractivity contribution >= 4 is 16.0 Å². The van der Waals surface area contributed by atoms with Gasteiger partial charge in [0.15, 0.2) is 0 Å². The summed E-state index contributed by atoms with van der Waals surface area (Å²) in [6.45, 7) is 1.63. The van der Waals surface area contributed by atoms with Gasteiger partial charge in [0.25, 0.3) is 0 Å². The highest BCUT2D eigenvalue weighted by Gasteiger charge is 2.31. The van der Waals surface area contributed by atoms with Crippen molar-refractivity contribution in [3.05, 3.63) is 18.5 Å². The molecule has 0 radical (unpaired) electrons. The Bertz CT molecular complexity index is 506. The monoisotopic (exact) mass is 260 g/mol. The van der Waals surface area contributed by atoms with E-state index in [1.54, 1.807) is 24.7 Å². The SMILES string of the molecule is CCC(C(=O)O)N(C)S(=O)(=O)c1ccn(C)c1. The Kier molecular flexibility index (Phi) is 3.94. The summed E-state index contributed by atoms with van der Waals surface area (Å²) in [6, 6.07) is 0.403. The topological polar surface area (TPSA) is 79.6 Å². The van der Waals surface area contributed by atoms with Crippen LogP contribution in [0.2, 0.25) is 0 Å². The Hall–Kier alpha value is -1.34. The van der Waals surface area contributed by atoms with Crippen molar-refractivity contribution in [3.8, 4) is 0 Å². The lowest BCUT2D eigenvalue weighted by Gasteiger charge is -2.22. The van der Waals surface area contributed by atoms with Crippen molar-refractivity contribution in [3.63, 3.8) is 0 Å². The van der Waals surface area contributed by atoms with Gasteiger partial charge < -0.3 is 9.67 Å².